The molecule has 0 N–H and O–H groups in total. The van der Waals surface area contributed by atoms with Crippen molar-refractivity contribution < 1.29 is 28.5 Å². The summed E-state index contributed by atoms with van der Waals surface area (Å²) < 4.78 is 28.6. The Kier molecular flexibility index (Phi) is 7.92. The van der Waals surface area contributed by atoms with Crippen LogP contribution in [0.5, 0.6) is 23.0 Å². The molecule has 0 saturated carbocycles. The number of aromatic nitrogens is 2. The fraction of sp³-hybridized carbons (Fsp3) is 0.185. The average Bonchev–Trinajstić information content (AvgIpc) is 3.53. The minimum atomic E-state index is -0.507. The summed E-state index contributed by atoms with van der Waals surface area (Å²) >= 11 is 9.40. The average molecular weight is 571 g/mol. The topological polar surface area (TPSA) is 81.0 Å². The molecule has 1 aromatic heterocycles. The van der Waals surface area contributed by atoms with E-state index in [1.165, 1.54) is 30.6 Å². The van der Waals surface area contributed by atoms with Crippen molar-refractivity contribution in [1.82, 2.24) is 9.55 Å². The van der Waals surface area contributed by atoms with Crippen LogP contribution in [0.1, 0.15) is 16.1 Å². The zero-order chi connectivity index (χ0) is 26.6. The van der Waals surface area contributed by atoms with Gasteiger partial charge in [0.15, 0.2) is 22.3 Å². The standard InChI is InChI=1S/C27H23ClN2O6S2/c1-32-17-4-8-19(9-5-17)37-25-24(26(31)34-3)30(14-16-12-22-23(13-21(16)28)36-15-35-22)27(29-25)38-20-10-6-18(33-2)7-11-20/h4-13H,14-15H2,1-3H3. The summed E-state index contributed by atoms with van der Waals surface area (Å²) in [4.78, 5) is 19.8. The van der Waals surface area contributed by atoms with E-state index >= 15 is 0 Å². The van der Waals surface area contributed by atoms with Gasteiger partial charge in [-0.05, 0) is 60.2 Å². The number of imidazole rings is 1. The van der Waals surface area contributed by atoms with Gasteiger partial charge in [0.25, 0.3) is 0 Å². The van der Waals surface area contributed by atoms with Crippen LogP contribution in [0.2, 0.25) is 5.02 Å². The first kappa shape index (κ1) is 26.1. The molecule has 0 amide bonds. The van der Waals surface area contributed by atoms with E-state index in [0.29, 0.717) is 32.4 Å². The molecule has 0 atom stereocenters. The summed E-state index contributed by atoms with van der Waals surface area (Å²) in [5.74, 6) is 2.16. The quantitative estimate of drug-likeness (QED) is 0.212. The molecule has 0 aliphatic carbocycles. The third kappa shape index (κ3) is 5.52. The molecule has 11 heteroatoms. The van der Waals surface area contributed by atoms with Crippen LogP contribution >= 0.6 is 35.1 Å². The number of rotatable bonds is 9. The molecular weight excluding hydrogens is 548 g/mol. The smallest absolute Gasteiger partial charge is 0.357 e. The highest BCUT2D eigenvalue weighted by atomic mass is 35.5. The lowest BCUT2D eigenvalue weighted by molar-refractivity contribution is 0.0583. The van der Waals surface area contributed by atoms with E-state index in [9.17, 15) is 4.79 Å². The highest BCUT2D eigenvalue weighted by Crippen LogP contribution is 2.40. The number of hydrogen-bond acceptors (Lipinski definition) is 9. The molecule has 0 unspecified atom stereocenters. The number of hydrogen-bond donors (Lipinski definition) is 0. The first-order valence-electron chi connectivity index (χ1n) is 11.4. The molecule has 2 heterocycles. The van der Waals surface area contributed by atoms with Gasteiger partial charge in [0.1, 0.15) is 16.5 Å². The van der Waals surface area contributed by atoms with E-state index in [1.807, 2.05) is 59.2 Å². The number of carbonyl (C=O) groups is 1. The van der Waals surface area contributed by atoms with Crippen LogP contribution in [-0.2, 0) is 11.3 Å². The molecule has 8 nitrogen and oxygen atoms in total. The summed E-state index contributed by atoms with van der Waals surface area (Å²) in [5, 5.41) is 1.60. The predicted octanol–water partition coefficient (Wildman–Crippen LogP) is 6.42. The SMILES string of the molecule is COC(=O)c1c(Sc2ccc(OC)cc2)nc(Sc2ccc(OC)cc2)n1Cc1cc2c(cc1Cl)OCO2. The highest BCUT2D eigenvalue weighted by molar-refractivity contribution is 8.00. The van der Waals surface area contributed by atoms with Gasteiger partial charge in [-0.3, -0.25) is 0 Å². The van der Waals surface area contributed by atoms with Crippen molar-refractivity contribution in [2.75, 3.05) is 28.1 Å². The van der Waals surface area contributed by atoms with Crippen LogP contribution in [-0.4, -0.2) is 43.6 Å². The van der Waals surface area contributed by atoms with E-state index < -0.39 is 5.97 Å². The van der Waals surface area contributed by atoms with Crippen molar-refractivity contribution in [3.63, 3.8) is 0 Å². The largest absolute Gasteiger partial charge is 0.497 e. The lowest BCUT2D eigenvalue weighted by Crippen LogP contribution is -2.13. The van der Waals surface area contributed by atoms with E-state index in [4.69, 9.17) is 40.3 Å². The molecular formula is C27H23ClN2O6S2. The number of carbonyl (C=O) groups excluding carboxylic acids is 1. The Labute approximate surface area is 233 Å². The van der Waals surface area contributed by atoms with Gasteiger partial charge in [0.05, 0.1) is 27.9 Å². The highest BCUT2D eigenvalue weighted by Gasteiger charge is 2.27. The Morgan fingerprint density at radius 2 is 1.50 bits per heavy atom. The summed E-state index contributed by atoms with van der Waals surface area (Å²) in [6.07, 6.45) is 0. The van der Waals surface area contributed by atoms with E-state index in [0.717, 1.165) is 26.9 Å². The normalized spacial score (nSPS) is 11.9. The van der Waals surface area contributed by atoms with Crippen LogP contribution in [0.4, 0.5) is 0 Å². The molecule has 0 saturated heterocycles. The number of esters is 1. The van der Waals surface area contributed by atoms with E-state index in [2.05, 4.69) is 0 Å². The first-order chi connectivity index (χ1) is 18.5. The summed E-state index contributed by atoms with van der Waals surface area (Å²) in [7, 11) is 4.59. The van der Waals surface area contributed by atoms with Gasteiger partial charge in [0, 0.05) is 20.9 Å². The summed E-state index contributed by atoms with van der Waals surface area (Å²) in [5.41, 5.74) is 1.06. The molecule has 1 aliphatic rings. The molecule has 0 fully saturated rings. The fourth-order valence-corrected chi connectivity index (χ4v) is 5.83. The number of ether oxygens (including phenoxy) is 5. The van der Waals surface area contributed by atoms with Crippen LogP contribution in [0.3, 0.4) is 0 Å². The van der Waals surface area contributed by atoms with Crippen molar-refractivity contribution in [3.8, 4) is 23.0 Å². The lowest BCUT2D eigenvalue weighted by Gasteiger charge is -2.13. The molecule has 5 rings (SSSR count). The predicted molar refractivity (Wildman–Crippen MR) is 144 cm³/mol. The van der Waals surface area contributed by atoms with Crippen LogP contribution in [0, 0.1) is 0 Å². The Bertz CT molecular complexity index is 1460. The molecule has 1 aliphatic heterocycles. The van der Waals surface area contributed by atoms with Gasteiger partial charge in [0.2, 0.25) is 6.79 Å². The number of benzene rings is 3. The number of halogens is 1. The van der Waals surface area contributed by atoms with Crippen molar-refractivity contribution in [2.24, 2.45) is 0 Å². The zero-order valence-corrected chi connectivity index (χ0v) is 23.1. The maximum absolute atomic E-state index is 13.1. The van der Waals surface area contributed by atoms with Gasteiger partial charge in [-0.15, -0.1) is 0 Å². The third-order valence-corrected chi connectivity index (χ3v) is 8.03. The summed E-state index contributed by atoms with van der Waals surface area (Å²) in [6, 6.07) is 18.7. The summed E-state index contributed by atoms with van der Waals surface area (Å²) in [6.45, 7) is 0.392. The maximum Gasteiger partial charge on any atom is 0.357 e. The van der Waals surface area contributed by atoms with Crippen molar-refractivity contribution in [3.05, 3.63) is 76.9 Å². The second-order valence-electron chi connectivity index (χ2n) is 7.98. The van der Waals surface area contributed by atoms with Crippen LogP contribution in [0.25, 0.3) is 0 Å². The Morgan fingerprint density at radius 3 is 2.08 bits per heavy atom. The molecule has 196 valence electrons. The zero-order valence-electron chi connectivity index (χ0n) is 20.7. The molecule has 0 radical (unpaired) electrons. The second-order valence-corrected chi connectivity index (χ2v) is 10.5. The monoisotopic (exact) mass is 570 g/mol. The third-order valence-electron chi connectivity index (χ3n) is 5.69. The van der Waals surface area contributed by atoms with Crippen molar-refractivity contribution >= 4 is 41.1 Å². The molecule has 38 heavy (non-hydrogen) atoms. The van der Waals surface area contributed by atoms with Gasteiger partial charge in [-0.2, -0.15) is 0 Å². The first-order valence-corrected chi connectivity index (χ1v) is 13.4. The van der Waals surface area contributed by atoms with Gasteiger partial charge >= 0.3 is 5.97 Å². The number of methoxy groups -OCH3 is 3. The minimum absolute atomic E-state index is 0.134. The Hall–Kier alpha value is -3.47. The maximum atomic E-state index is 13.1. The molecule has 4 aromatic rings. The van der Waals surface area contributed by atoms with Crippen LogP contribution in [0.15, 0.2) is 80.6 Å². The van der Waals surface area contributed by atoms with Crippen LogP contribution < -0.4 is 18.9 Å². The Morgan fingerprint density at radius 1 is 0.921 bits per heavy atom. The van der Waals surface area contributed by atoms with Gasteiger partial charge in [-0.25, -0.2) is 9.78 Å². The molecule has 3 aromatic carbocycles. The molecule has 0 spiro atoms. The Balaban J connectivity index is 1.59. The number of nitrogens with zero attached hydrogens (tertiary/aromatic N) is 2. The van der Waals surface area contributed by atoms with Crippen molar-refractivity contribution in [1.29, 1.82) is 0 Å². The minimum Gasteiger partial charge on any atom is -0.497 e. The number of fused-ring (bicyclic) bond motifs is 1. The fourth-order valence-electron chi connectivity index (χ4n) is 3.76. The van der Waals surface area contributed by atoms with Gasteiger partial charge < -0.3 is 28.3 Å². The van der Waals surface area contributed by atoms with Gasteiger partial charge in [-0.1, -0.05) is 35.1 Å². The van der Waals surface area contributed by atoms with E-state index in [1.54, 1.807) is 20.3 Å². The van der Waals surface area contributed by atoms with Crippen molar-refractivity contribution in [2.45, 2.75) is 26.5 Å². The second kappa shape index (κ2) is 11.5. The lowest BCUT2D eigenvalue weighted by atomic mass is 10.2. The van der Waals surface area contributed by atoms with E-state index in [-0.39, 0.29) is 13.3 Å². The molecule has 0 bridgehead atoms.